The van der Waals surface area contributed by atoms with Crippen molar-refractivity contribution in [3.05, 3.63) is 51.1 Å². The molecule has 3 heterocycles. The fourth-order valence-electron chi connectivity index (χ4n) is 4.01. The first-order valence-electron chi connectivity index (χ1n) is 9.90. The number of aromatic nitrogens is 4. The highest BCUT2D eigenvalue weighted by Crippen LogP contribution is 2.46. The average molecular weight is 520 g/mol. The summed E-state index contributed by atoms with van der Waals surface area (Å²) in [5, 5.41) is 14.7. The van der Waals surface area contributed by atoms with Gasteiger partial charge in [0.05, 0.1) is 20.8 Å². The molecule has 0 aromatic carbocycles. The van der Waals surface area contributed by atoms with E-state index >= 15 is 0 Å². The first kappa shape index (κ1) is 20.8. The van der Waals surface area contributed by atoms with E-state index in [-0.39, 0.29) is 29.2 Å². The quantitative estimate of drug-likeness (QED) is 0.506. The van der Waals surface area contributed by atoms with Crippen molar-refractivity contribution in [2.75, 3.05) is 6.54 Å². The zero-order valence-electron chi connectivity index (χ0n) is 17.4. The minimum Gasteiger partial charge on any atom is -0.350 e. The fraction of sp³-hybridized carbons (Fsp3) is 0.429. The van der Waals surface area contributed by atoms with Crippen molar-refractivity contribution >= 4 is 39.9 Å². The number of halogens is 1. The van der Waals surface area contributed by atoms with Gasteiger partial charge in [0.25, 0.3) is 11.8 Å². The zero-order chi connectivity index (χ0) is 21.6. The molecule has 2 N–H and O–H groups in total. The lowest BCUT2D eigenvalue weighted by atomic mass is 9.58. The first-order chi connectivity index (χ1) is 14.2. The Balaban J connectivity index is 1.37. The number of aryl methyl sites for hydroxylation is 1. The molecule has 1 fully saturated rings. The Morgan fingerprint density at radius 1 is 1.30 bits per heavy atom. The van der Waals surface area contributed by atoms with Crippen LogP contribution in [0.3, 0.4) is 0 Å². The summed E-state index contributed by atoms with van der Waals surface area (Å²) in [6.45, 7) is 6.76. The van der Waals surface area contributed by atoms with E-state index in [0.717, 1.165) is 21.2 Å². The summed E-state index contributed by atoms with van der Waals surface area (Å²) in [5.74, 6) is 0.0268. The van der Waals surface area contributed by atoms with Crippen molar-refractivity contribution in [2.45, 2.75) is 33.2 Å². The molecule has 0 spiro atoms. The number of amides is 2. The second-order valence-electron chi connectivity index (χ2n) is 8.44. The molecule has 0 aliphatic heterocycles. The topological polar surface area (TPSA) is 93.3 Å². The van der Waals surface area contributed by atoms with Crippen LogP contribution >= 0.6 is 22.6 Å². The van der Waals surface area contributed by atoms with E-state index in [2.05, 4.69) is 57.3 Å². The maximum Gasteiger partial charge on any atom is 0.272 e. The van der Waals surface area contributed by atoms with Crippen molar-refractivity contribution in [2.24, 2.45) is 18.4 Å². The predicted octanol–water partition coefficient (Wildman–Crippen LogP) is 2.56. The van der Waals surface area contributed by atoms with Gasteiger partial charge in [-0.15, -0.1) is 0 Å². The standard InChI is InChI=1S/C21H25IN6O2/c1-12-17(22)18(26-27(12)4)20(30)23-11-13-10-16(21(13,2)3)25-19(29)14-6-5-9-28-15(14)7-8-24-28/h5-9,13,16H,10-11H2,1-4H3,(H,23,30)(H,25,29). The van der Waals surface area contributed by atoms with Gasteiger partial charge in [0.15, 0.2) is 5.69 Å². The van der Waals surface area contributed by atoms with Crippen molar-refractivity contribution in [3.8, 4) is 0 Å². The zero-order valence-corrected chi connectivity index (χ0v) is 19.6. The summed E-state index contributed by atoms with van der Waals surface area (Å²) in [7, 11) is 1.83. The number of carbonyl (C=O) groups excluding carboxylic acids is 2. The fourth-order valence-corrected chi connectivity index (χ4v) is 4.72. The van der Waals surface area contributed by atoms with Crippen molar-refractivity contribution in [1.29, 1.82) is 0 Å². The number of nitrogens with zero attached hydrogens (tertiary/aromatic N) is 4. The number of nitrogens with one attached hydrogen (secondary N) is 2. The van der Waals surface area contributed by atoms with Gasteiger partial charge in [-0.05, 0) is 65.5 Å². The lowest BCUT2D eigenvalue weighted by Crippen LogP contribution is -2.60. The van der Waals surface area contributed by atoms with E-state index in [4.69, 9.17) is 0 Å². The molecule has 0 radical (unpaired) electrons. The van der Waals surface area contributed by atoms with Crippen LogP contribution in [0.25, 0.3) is 5.52 Å². The Kier molecular flexibility index (Phi) is 5.33. The second-order valence-corrected chi connectivity index (χ2v) is 9.52. The molecule has 30 heavy (non-hydrogen) atoms. The molecule has 4 rings (SSSR count). The summed E-state index contributed by atoms with van der Waals surface area (Å²) in [5.41, 5.74) is 2.72. The van der Waals surface area contributed by atoms with E-state index < -0.39 is 0 Å². The number of pyridine rings is 1. The van der Waals surface area contributed by atoms with E-state index in [1.165, 1.54) is 0 Å². The molecular weight excluding hydrogens is 495 g/mol. The molecule has 158 valence electrons. The molecule has 2 amide bonds. The van der Waals surface area contributed by atoms with Crippen molar-refractivity contribution < 1.29 is 9.59 Å². The smallest absolute Gasteiger partial charge is 0.272 e. The highest BCUT2D eigenvalue weighted by Gasteiger charge is 2.48. The molecule has 2 unspecified atom stereocenters. The van der Waals surface area contributed by atoms with Gasteiger partial charge in [0, 0.05) is 31.5 Å². The van der Waals surface area contributed by atoms with E-state index in [9.17, 15) is 9.59 Å². The third-order valence-electron chi connectivity index (χ3n) is 6.44. The summed E-state index contributed by atoms with van der Waals surface area (Å²) >= 11 is 2.16. The maximum atomic E-state index is 12.8. The lowest BCUT2D eigenvalue weighted by molar-refractivity contribution is 0.0150. The summed E-state index contributed by atoms with van der Waals surface area (Å²) in [4.78, 5) is 25.4. The Hall–Kier alpha value is -2.43. The van der Waals surface area contributed by atoms with Crippen LogP contribution in [0.1, 0.15) is 46.8 Å². The third-order valence-corrected chi connectivity index (χ3v) is 7.73. The molecule has 3 aromatic heterocycles. The minimum absolute atomic E-state index is 0.0484. The number of carbonyl (C=O) groups is 2. The van der Waals surface area contributed by atoms with Crippen molar-refractivity contribution in [1.82, 2.24) is 30.0 Å². The summed E-state index contributed by atoms with van der Waals surface area (Å²) < 4.78 is 4.29. The van der Waals surface area contributed by atoms with E-state index in [1.807, 2.05) is 38.4 Å². The van der Waals surface area contributed by atoms with Gasteiger partial charge < -0.3 is 10.6 Å². The minimum atomic E-state index is -0.154. The second kappa shape index (κ2) is 7.68. The molecule has 3 aromatic rings. The van der Waals surface area contributed by atoms with Crippen LogP contribution in [0.4, 0.5) is 0 Å². The summed E-state index contributed by atoms with van der Waals surface area (Å²) in [6.07, 6.45) is 4.32. The van der Waals surface area contributed by atoms with Crippen LogP contribution in [0.15, 0.2) is 30.6 Å². The molecule has 0 bridgehead atoms. The van der Waals surface area contributed by atoms with Gasteiger partial charge in [-0.2, -0.15) is 10.2 Å². The van der Waals surface area contributed by atoms with Gasteiger partial charge in [-0.3, -0.25) is 14.3 Å². The van der Waals surface area contributed by atoms with Crippen LogP contribution < -0.4 is 10.6 Å². The van der Waals surface area contributed by atoms with Gasteiger partial charge in [0.2, 0.25) is 0 Å². The van der Waals surface area contributed by atoms with Crippen LogP contribution in [-0.4, -0.2) is 43.8 Å². The normalized spacial score (nSPS) is 20.0. The Bertz CT molecular complexity index is 1130. The van der Waals surface area contributed by atoms with Crippen LogP contribution in [0, 0.1) is 21.8 Å². The van der Waals surface area contributed by atoms with Gasteiger partial charge in [-0.25, -0.2) is 4.52 Å². The summed E-state index contributed by atoms with van der Waals surface area (Å²) in [6, 6.07) is 5.51. The van der Waals surface area contributed by atoms with E-state index in [1.54, 1.807) is 15.4 Å². The Morgan fingerprint density at radius 2 is 2.07 bits per heavy atom. The molecule has 1 aliphatic carbocycles. The highest BCUT2D eigenvalue weighted by atomic mass is 127. The van der Waals surface area contributed by atoms with Crippen LogP contribution in [-0.2, 0) is 7.05 Å². The number of hydrogen-bond donors (Lipinski definition) is 2. The maximum absolute atomic E-state index is 12.8. The van der Waals surface area contributed by atoms with Gasteiger partial charge >= 0.3 is 0 Å². The van der Waals surface area contributed by atoms with Crippen molar-refractivity contribution in [3.63, 3.8) is 0 Å². The molecule has 2 atom stereocenters. The number of rotatable bonds is 5. The SMILES string of the molecule is Cc1c(I)c(C(=O)NCC2CC(NC(=O)c3cccn4nccc34)C2(C)C)nn1C. The monoisotopic (exact) mass is 520 g/mol. The molecular formula is C21H25IN6O2. The van der Waals surface area contributed by atoms with Crippen LogP contribution in [0.5, 0.6) is 0 Å². The lowest BCUT2D eigenvalue weighted by Gasteiger charge is -2.52. The largest absolute Gasteiger partial charge is 0.350 e. The first-order valence-corrected chi connectivity index (χ1v) is 11.0. The van der Waals surface area contributed by atoms with Gasteiger partial charge in [0.1, 0.15) is 0 Å². The van der Waals surface area contributed by atoms with E-state index in [0.29, 0.717) is 17.8 Å². The molecule has 1 aliphatic rings. The average Bonchev–Trinajstić information content (AvgIpc) is 3.29. The number of fused-ring (bicyclic) bond motifs is 1. The van der Waals surface area contributed by atoms with Crippen LogP contribution in [0.2, 0.25) is 0 Å². The van der Waals surface area contributed by atoms with Gasteiger partial charge in [-0.1, -0.05) is 13.8 Å². The number of hydrogen-bond acceptors (Lipinski definition) is 4. The Labute approximate surface area is 188 Å². The molecule has 0 saturated heterocycles. The molecule has 1 saturated carbocycles. The molecule has 8 nitrogen and oxygen atoms in total. The third kappa shape index (κ3) is 3.48. The predicted molar refractivity (Wildman–Crippen MR) is 121 cm³/mol. The molecule has 9 heteroatoms. The Morgan fingerprint density at radius 3 is 2.73 bits per heavy atom. The highest BCUT2D eigenvalue weighted by molar-refractivity contribution is 14.1.